The topological polar surface area (TPSA) is 59.5 Å². The summed E-state index contributed by atoms with van der Waals surface area (Å²) < 4.78 is 11.2. The minimum Gasteiger partial charge on any atom is -0.385 e. The fraction of sp³-hybridized carbons (Fsp3) is 0.692. The van der Waals surface area contributed by atoms with Crippen molar-refractivity contribution >= 4 is 27.6 Å². The van der Waals surface area contributed by atoms with Crippen molar-refractivity contribution in [3.63, 3.8) is 0 Å². The molecular weight excluding hydrogens is 324 g/mol. The highest BCUT2D eigenvalue weighted by atomic mass is 79.9. The van der Waals surface area contributed by atoms with Crippen LogP contribution in [-0.4, -0.2) is 57.0 Å². The Kier molecular flexibility index (Phi) is 8.48. The van der Waals surface area contributed by atoms with Crippen LogP contribution < -0.4 is 10.2 Å². The van der Waals surface area contributed by atoms with Crippen molar-refractivity contribution in [3.8, 4) is 0 Å². The number of nitrogens with zero attached hydrogens (tertiary/aromatic N) is 3. The van der Waals surface area contributed by atoms with Gasteiger partial charge in [0.05, 0.1) is 6.61 Å². The average Bonchev–Trinajstić information content (AvgIpc) is 2.46. The first-order chi connectivity index (χ1) is 9.74. The Hall–Kier alpha value is -0.920. The van der Waals surface area contributed by atoms with Crippen LogP contribution in [-0.2, 0) is 9.47 Å². The van der Waals surface area contributed by atoms with Gasteiger partial charge < -0.3 is 19.7 Å². The SMILES string of the molecule is CCNc1ncnc(N(CCCOC)CCOC)c1Br. The Labute approximate surface area is 129 Å². The van der Waals surface area contributed by atoms with Crippen LogP contribution >= 0.6 is 15.9 Å². The van der Waals surface area contributed by atoms with Gasteiger partial charge in [-0.2, -0.15) is 0 Å². The molecule has 0 unspecified atom stereocenters. The normalized spacial score (nSPS) is 10.6. The van der Waals surface area contributed by atoms with Gasteiger partial charge in [0.2, 0.25) is 0 Å². The monoisotopic (exact) mass is 346 g/mol. The van der Waals surface area contributed by atoms with Gasteiger partial charge in [-0.1, -0.05) is 0 Å². The number of halogens is 1. The van der Waals surface area contributed by atoms with Gasteiger partial charge in [0.15, 0.2) is 0 Å². The van der Waals surface area contributed by atoms with Crippen molar-refractivity contribution in [1.29, 1.82) is 0 Å². The van der Waals surface area contributed by atoms with E-state index in [1.165, 1.54) is 0 Å². The molecule has 1 aromatic rings. The van der Waals surface area contributed by atoms with Crippen molar-refractivity contribution in [1.82, 2.24) is 9.97 Å². The first-order valence-corrected chi connectivity index (χ1v) is 7.51. The van der Waals surface area contributed by atoms with E-state index >= 15 is 0 Å². The van der Waals surface area contributed by atoms with Crippen LogP contribution in [0.25, 0.3) is 0 Å². The molecule has 0 atom stereocenters. The van der Waals surface area contributed by atoms with Gasteiger partial charge in [-0.25, -0.2) is 9.97 Å². The van der Waals surface area contributed by atoms with Crippen molar-refractivity contribution in [3.05, 3.63) is 10.8 Å². The molecule has 0 spiro atoms. The van der Waals surface area contributed by atoms with E-state index in [9.17, 15) is 0 Å². The maximum atomic E-state index is 5.17. The zero-order valence-corrected chi connectivity index (χ0v) is 13.9. The molecular formula is C13H23BrN4O2. The smallest absolute Gasteiger partial charge is 0.148 e. The number of hydrogen-bond acceptors (Lipinski definition) is 6. The molecule has 0 aliphatic carbocycles. The van der Waals surface area contributed by atoms with E-state index in [4.69, 9.17) is 9.47 Å². The van der Waals surface area contributed by atoms with Gasteiger partial charge in [-0.15, -0.1) is 0 Å². The predicted molar refractivity (Wildman–Crippen MR) is 84.5 cm³/mol. The Morgan fingerprint density at radius 2 is 1.95 bits per heavy atom. The fourth-order valence-corrected chi connectivity index (χ4v) is 2.39. The van der Waals surface area contributed by atoms with Crippen LogP contribution in [0.1, 0.15) is 13.3 Å². The molecule has 1 rings (SSSR count). The number of nitrogens with one attached hydrogen (secondary N) is 1. The van der Waals surface area contributed by atoms with Crippen LogP contribution in [0.15, 0.2) is 10.8 Å². The number of methoxy groups -OCH3 is 2. The van der Waals surface area contributed by atoms with Gasteiger partial charge in [-0.3, -0.25) is 0 Å². The van der Waals surface area contributed by atoms with Crippen molar-refractivity contribution in [2.24, 2.45) is 0 Å². The van der Waals surface area contributed by atoms with Crippen molar-refractivity contribution < 1.29 is 9.47 Å². The number of rotatable bonds is 10. The lowest BCUT2D eigenvalue weighted by atomic mass is 10.3. The third-order valence-corrected chi connectivity index (χ3v) is 3.49. The summed E-state index contributed by atoms with van der Waals surface area (Å²) in [5, 5.41) is 3.21. The highest BCUT2D eigenvalue weighted by Crippen LogP contribution is 2.29. The maximum absolute atomic E-state index is 5.17. The highest BCUT2D eigenvalue weighted by molar-refractivity contribution is 9.10. The standard InChI is InChI=1S/C13H23BrN4O2/c1-4-15-12-11(14)13(17-10-16-12)18(7-9-20-3)6-5-8-19-2/h10H,4-9H2,1-3H3,(H,15,16,17). The Morgan fingerprint density at radius 3 is 2.60 bits per heavy atom. The molecule has 20 heavy (non-hydrogen) atoms. The molecule has 1 aromatic heterocycles. The molecule has 0 amide bonds. The van der Waals surface area contributed by atoms with Crippen LogP contribution in [0.3, 0.4) is 0 Å². The van der Waals surface area contributed by atoms with Crippen molar-refractivity contribution in [2.45, 2.75) is 13.3 Å². The lowest BCUT2D eigenvalue weighted by Gasteiger charge is -2.25. The third kappa shape index (κ3) is 5.22. The van der Waals surface area contributed by atoms with Gasteiger partial charge in [-0.05, 0) is 29.3 Å². The average molecular weight is 347 g/mol. The Balaban J connectivity index is 2.84. The summed E-state index contributed by atoms with van der Waals surface area (Å²) in [6.45, 7) is 5.87. The van der Waals surface area contributed by atoms with E-state index < -0.39 is 0 Å². The van der Waals surface area contributed by atoms with Gasteiger partial charge in [0, 0.05) is 40.5 Å². The van der Waals surface area contributed by atoms with Gasteiger partial charge in [0.25, 0.3) is 0 Å². The Bertz CT molecular complexity index is 393. The fourth-order valence-electron chi connectivity index (χ4n) is 1.80. The molecule has 0 radical (unpaired) electrons. The molecule has 6 nitrogen and oxygen atoms in total. The predicted octanol–water partition coefficient (Wildman–Crippen LogP) is 2.16. The minimum atomic E-state index is 0.653. The Morgan fingerprint density at radius 1 is 1.20 bits per heavy atom. The number of hydrogen-bond donors (Lipinski definition) is 1. The maximum Gasteiger partial charge on any atom is 0.148 e. The summed E-state index contributed by atoms with van der Waals surface area (Å²) >= 11 is 3.58. The summed E-state index contributed by atoms with van der Waals surface area (Å²) in [4.78, 5) is 10.8. The number of ether oxygens (including phenoxy) is 2. The molecule has 114 valence electrons. The molecule has 0 bridgehead atoms. The highest BCUT2D eigenvalue weighted by Gasteiger charge is 2.15. The van der Waals surface area contributed by atoms with Crippen LogP contribution in [0, 0.1) is 0 Å². The van der Waals surface area contributed by atoms with E-state index in [2.05, 4.69) is 36.1 Å². The van der Waals surface area contributed by atoms with E-state index in [-0.39, 0.29) is 0 Å². The van der Waals surface area contributed by atoms with E-state index in [1.54, 1.807) is 20.5 Å². The molecule has 0 aliphatic heterocycles. The quantitative estimate of drug-likeness (QED) is 0.655. The molecule has 0 fully saturated rings. The van der Waals surface area contributed by atoms with Crippen LogP contribution in [0.5, 0.6) is 0 Å². The molecule has 1 heterocycles. The molecule has 0 saturated carbocycles. The molecule has 0 aromatic carbocycles. The molecule has 7 heteroatoms. The van der Waals surface area contributed by atoms with Crippen LogP contribution in [0.4, 0.5) is 11.6 Å². The van der Waals surface area contributed by atoms with Crippen molar-refractivity contribution in [2.75, 3.05) is 57.3 Å². The van der Waals surface area contributed by atoms with E-state index in [0.29, 0.717) is 6.61 Å². The third-order valence-electron chi connectivity index (χ3n) is 2.76. The van der Waals surface area contributed by atoms with Crippen LogP contribution in [0.2, 0.25) is 0 Å². The van der Waals surface area contributed by atoms with Gasteiger partial charge >= 0.3 is 0 Å². The second-order valence-electron chi connectivity index (χ2n) is 4.22. The van der Waals surface area contributed by atoms with Gasteiger partial charge in [0.1, 0.15) is 22.4 Å². The number of anilines is 2. The zero-order chi connectivity index (χ0) is 14.8. The summed E-state index contributed by atoms with van der Waals surface area (Å²) in [6.07, 6.45) is 2.52. The summed E-state index contributed by atoms with van der Waals surface area (Å²) in [5.74, 6) is 1.69. The number of aromatic nitrogens is 2. The lowest BCUT2D eigenvalue weighted by Crippen LogP contribution is -2.30. The van der Waals surface area contributed by atoms with E-state index in [1.807, 2.05) is 6.92 Å². The van der Waals surface area contributed by atoms with E-state index in [0.717, 1.165) is 48.8 Å². The summed E-state index contributed by atoms with van der Waals surface area (Å²) in [5.41, 5.74) is 0. The minimum absolute atomic E-state index is 0.653. The second-order valence-corrected chi connectivity index (χ2v) is 5.01. The first kappa shape index (κ1) is 17.1. The summed E-state index contributed by atoms with van der Waals surface area (Å²) in [7, 11) is 3.41. The first-order valence-electron chi connectivity index (χ1n) is 6.71. The zero-order valence-electron chi connectivity index (χ0n) is 12.4. The lowest BCUT2D eigenvalue weighted by molar-refractivity contribution is 0.191. The molecule has 0 aliphatic rings. The molecule has 1 N–H and O–H groups in total. The summed E-state index contributed by atoms with van der Waals surface area (Å²) in [6, 6.07) is 0. The largest absolute Gasteiger partial charge is 0.385 e. The molecule has 0 saturated heterocycles. The second kappa shape index (κ2) is 9.90.